The first-order valence-corrected chi connectivity index (χ1v) is 7.35. The topological polar surface area (TPSA) is 126 Å². The normalized spacial score (nSPS) is 12.6. The molecule has 0 aliphatic heterocycles. The summed E-state index contributed by atoms with van der Waals surface area (Å²) in [7, 11) is 0. The van der Waals surface area contributed by atoms with Gasteiger partial charge in [-0.25, -0.2) is 4.79 Å². The molecule has 1 unspecified atom stereocenters. The van der Waals surface area contributed by atoms with Crippen LogP contribution >= 0.6 is 0 Å². The van der Waals surface area contributed by atoms with E-state index in [1.807, 2.05) is 0 Å². The highest BCUT2D eigenvalue weighted by Crippen LogP contribution is 2.34. The molecule has 0 radical (unpaired) electrons. The van der Waals surface area contributed by atoms with Crippen LogP contribution in [0.15, 0.2) is 48.5 Å². The third-order valence-corrected chi connectivity index (χ3v) is 3.99. The number of hydrogen-bond donors (Lipinski definition) is 1. The number of carbonyl (C=O) groups is 2. The number of benzene rings is 2. The number of carboxylic acids is 1. The van der Waals surface area contributed by atoms with Crippen molar-refractivity contribution in [3.8, 4) is 0 Å². The molecule has 0 spiro atoms. The molecule has 8 nitrogen and oxygen atoms in total. The lowest BCUT2D eigenvalue weighted by Crippen LogP contribution is -2.33. The van der Waals surface area contributed by atoms with E-state index in [0.29, 0.717) is 0 Å². The summed E-state index contributed by atoms with van der Waals surface area (Å²) in [5.74, 6) is -1.91. The Morgan fingerprint density at radius 2 is 1.80 bits per heavy atom. The van der Waals surface area contributed by atoms with Crippen LogP contribution in [0.1, 0.15) is 34.8 Å². The minimum atomic E-state index is -1.97. The summed E-state index contributed by atoms with van der Waals surface area (Å²) in [6.45, 7) is 1.53. The lowest BCUT2D eigenvalue weighted by molar-refractivity contribution is -0.384. The summed E-state index contributed by atoms with van der Waals surface area (Å²) < 4.78 is 0. The number of hydrogen-bond acceptors (Lipinski definition) is 5. The molecular weight excluding hydrogens is 326 g/mol. The lowest BCUT2D eigenvalue weighted by Gasteiger charge is -2.13. The maximum atomic E-state index is 12.8. The van der Waals surface area contributed by atoms with Gasteiger partial charge in [0.05, 0.1) is 10.5 Å². The molecule has 0 saturated heterocycles. The van der Waals surface area contributed by atoms with Crippen LogP contribution in [0.2, 0.25) is 0 Å². The highest BCUT2D eigenvalue weighted by molar-refractivity contribution is 6.11. The summed E-state index contributed by atoms with van der Waals surface area (Å²) in [6.07, 6.45) is -0.0661. The van der Waals surface area contributed by atoms with Crippen molar-refractivity contribution in [3.63, 3.8) is 0 Å². The van der Waals surface area contributed by atoms with Crippen molar-refractivity contribution in [3.05, 3.63) is 80.3 Å². The average Bonchev–Trinajstić information content (AvgIpc) is 2.63. The van der Waals surface area contributed by atoms with Crippen LogP contribution < -0.4 is 0 Å². The van der Waals surface area contributed by atoms with Crippen molar-refractivity contribution in [2.75, 3.05) is 0 Å². The van der Waals surface area contributed by atoms with Gasteiger partial charge in [-0.05, 0) is 18.2 Å². The first-order chi connectivity index (χ1) is 11.9. The maximum Gasteiger partial charge on any atom is 0.441 e. The molecule has 0 amide bonds. The number of nitro benzene ring substituents is 1. The number of ketones is 1. The van der Waals surface area contributed by atoms with Gasteiger partial charge in [-0.2, -0.15) is 0 Å². The number of carbonyl (C=O) groups excluding carboxylic acids is 1. The Bertz CT molecular complexity index is 886. The molecule has 1 N–H and O–H groups in total. The molecule has 0 saturated carbocycles. The standard InChI is InChI=1S/C17H13N3O5/c1-2-17(19-18,16(22)23)14-6-4-3-5-13(14)15(21)11-7-9-12(10-8-11)20(24)25/h3-10H,2H2,1H3/p+1. The zero-order valence-electron chi connectivity index (χ0n) is 13.2. The van der Waals surface area contributed by atoms with Crippen molar-refractivity contribution in [2.24, 2.45) is 0 Å². The van der Waals surface area contributed by atoms with Gasteiger partial charge in [0.15, 0.2) is 5.78 Å². The van der Waals surface area contributed by atoms with Gasteiger partial charge >= 0.3 is 11.5 Å². The molecule has 126 valence electrons. The zero-order valence-corrected chi connectivity index (χ0v) is 13.2. The van der Waals surface area contributed by atoms with Gasteiger partial charge in [-0.1, -0.05) is 25.1 Å². The van der Waals surface area contributed by atoms with Crippen molar-refractivity contribution in [1.29, 1.82) is 5.39 Å². The van der Waals surface area contributed by atoms with E-state index in [1.54, 1.807) is 12.1 Å². The van der Waals surface area contributed by atoms with Crippen LogP contribution in [0.5, 0.6) is 0 Å². The average molecular weight is 340 g/mol. The van der Waals surface area contributed by atoms with Crippen LogP contribution in [-0.4, -0.2) is 21.8 Å². The van der Waals surface area contributed by atoms with Crippen LogP contribution in [0.3, 0.4) is 0 Å². The van der Waals surface area contributed by atoms with Crippen LogP contribution in [0.25, 0.3) is 4.98 Å². The smallest absolute Gasteiger partial charge is 0.441 e. The molecule has 0 aliphatic rings. The number of nitrogens with zero attached hydrogens (tertiary/aromatic N) is 3. The second kappa shape index (κ2) is 6.88. The van der Waals surface area contributed by atoms with Gasteiger partial charge in [0.25, 0.3) is 5.69 Å². The number of non-ortho nitro benzene ring substituents is 1. The number of carboxylic acid groups (broad SMARTS) is 1. The fourth-order valence-corrected chi connectivity index (χ4v) is 2.56. The first-order valence-electron chi connectivity index (χ1n) is 7.35. The third kappa shape index (κ3) is 3.07. The minimum absolute atomic E-state index is 0.0517. The highest BCUT2D eigenvalue weighted by Gasteiger charge is 2.55. The molecule has 25 heavy (non-hydrogen) atoms. The summed E-state index contributed by atoms with van der Waals surface area (Å²) >= 11 is 0. The van der Waals surface area contributed by atoms with Gasteiger partial charge in [-0.15, -0.1) is 0 Å². The first kappa shape index (κ1) is 17.7. The van der Waals surface area contributed by atoms with E-state index in [0.717, 1.165) is 0 Å². The Labute approximate surface area is 142 Å². The monoisotopic (exact) mass is 340 g/mol. The van der Waals surface area contributed by atoms with Gasteiger partial charge < -0.3 is 5.11 Å². The maximum absolute atomic E-state index is 12.8. The Hall–Kier alpha value is -3.60. The molecular formula is C17H14N3O5+. The largest absolute Gasteiger partial charge is 0.475 e. The van der Waals surface area contributed by atoms with Gasteiger partial charge in [0.1, 0.15) is 4.98 Å². The predicted octanol–water partition coefficient (Wildman–Crippen LogP) is 3.37. The molecule has 0 aromatic heterocycles. The molecule has 0 fully saturated rings. The molecule has 2 aromatic rings. The fraction of sp³-hybridized carbons (Fsp3) is 0.176. The minimum Gasteiger partial charge on any atom is -0.475 e. The van der Waals surface area contributed by atoms with E-state index in [1.165, 1.54) is 43.3 Å². The summed E-state index contributed by atoms with van der Waals surface area (Å²) in [5.41, 5.74) is -1.86. The molecule has 2 aromatic carbocycles. The zero-order chi connectivity index (χ0) is 18.6. The van der Waals surface area contributed by atoms with Crippen LogP contribution in [0.4, 0.5) is 5.69 Å². The predicted molar refractivity (Wildman–Crippen MR) is 87.7 cm³/mol. The van der Waals surface area contributed by atoms with Crippen molar-refractivity contribution >= 4 is 17.4 Å². The second-order valence-electron chi connectivity index (χ2n) is 5.30. The third-order valence-electron chi connectivity index (χ3n) is 3.99. The van der Waals surface area contributed by atoms with E-state index >= 15 is 0 Å². The van der Waals surface area contributed by atoms with Crippen molar-refractivity contribution in [1.82, 2.24) is 0 Å². The fourth-order valence-electron chi connectivity index (χ4n) is 2.56. The Morgan fingerprint density at radius 3 is 2.28 bits per heavy atom. The highest BCUT2D eigenvalue weighted by atomic mass is 16.6. The van der Waals surface area contributed by atoms with Gasteiger partial charge in [-0.3, -0.25) is 14.9 Å². The molecule has 2 rings (SSSR count). The Morgan fingerprint density at radius 1 is 1.20 bits per heavy atom. The second-order valence-corrected chi connectivity index (χ2v) is 5.30. The molecule has 0 heterocycles. The van der Waals surface area contributed by atoms with Gasteiger partial charge in [0, 0.05) is 29.7 Å². The van der Waals surface area contributed by atoms with Gasteiger partial charge in [0.2, 0.25) is 5.39 Å². The quantitative estimate of drug-likeness (QED) is 0.372. The SMILES string of the molecule is CCC([N+]#N)(C(=O)O)c1ccccc1C(=O)c1ccc([N+](=O)[O-])cc1. The number of aliphatic carboxylic acids is 1. The molecule has 1 atom stereocenters. The number of rotatable bonds is 6. The van der Waals surface area contributed by atoms with Crippen LogP contribution in [0, 0.1) is 15.5 Å². The number of nitro groups is 1. The van der Waals surface area contributed by atoms with E-state index in [2.05, 4.69) is 4.98 Å². The summed E-state index contributed by atoms with van der Waals surface area (Å²) in [5, 5.41) is 29.5. The van der Waals surface area contributed by atoms with Crippen molar-refractivity contribution in [2.45, 2.75) is 18.9 Å². The van der Waals surface area contributed by atoms with E-state index in [-0.39, 0.29) is 28.8 Å². The van der Waals surface area contributed by atoms with E-state index in [4.69, 9.17) is 0 Å². The summed E-state index contributed by atoms with van der Waals surface area (Å²) in [4.78, 5) is 37.6. The van der Waals surface area contributed by atoms with Crippen LogP contribution in [-0.2, 0) is 10.3 Å². The van der Waals surface area contributed by atoms with Crippen molar-refractivity contribution < 1.29 is 19.6 Å². The molecule has 8 heteroatoms. The van der Waals surface area contributed by atoms with E-state index in [9.17, 15) is 30.2 Å². The Kier molecular flexibility index (Phi) is 4.89. The molecule has 0 aliphatic carbocycles. The lowest BCUT2D eigenvalue weighted by atomic mass is 9.83. The Balaban J connectivity index is 2.57. The summed E-state index contributed by atoms with van der Waals surface area (Å²) in [6, 6.07) is 10.9. The molecule has 0 bridgehead atoms. The number of diazo groups is 1. The van der Waals surface area contributed by atoms with E-state index < -0.39 is 22.2 Å².